The van der Waals surface area contributed by atoms with Gasteiger partial charge in [0.25, 0.3) is 0 Å². The summed E-state index contributed by atoms with van der Waals surface area (Å²) in [5, 5.41) is 0. The van der Waals surface area contributed by atoms with Crippen molar-refractivity contribution >= 4 is 0 Å². The number of ether oxygens (including phenoxy) is 2. The van der Waals surface area contributed by atoms with E-state index in [1.165, 1.54) is 25.7 Å². The molecule has 102 valence electrons. The van der Waals surface area contributed by atoms with E-state index in [4.69, 9.17) is 15.2 Å². The van der Waals surface area contributed by atoms with Crippen LogP contribution in [-0.4, -0.2) is 12.7 Å². The number of nitrogens with two attached hydrogens (primary N) is 1. The highest BCUT2D eigenvalue weighted by Crippen LogP contribution is 2.57. The highest BCUT2D eigenvalue weighted by atomic mass is 16.5. The van der Waals surface area contributed by atoms with E-state index in [1.807, 2.05) is 12.1 Å². The van der Waals surface area contributed by atoms with Crippen LogP contribution in [0.15, 0.2) is 18.2 Å². The molecule has 1 aromatic rings. The maximum Gasteiger partial charge on any atom is 0.128 e. The lowest BCUT2D eigenvalue weighted by molar-refractivity contribution is -0.0142. The highest BCUT2D eigenvalue weighted by Gasteiger charge is 2.55. The number of methoxy groups -OCH3 is 1. The molecular weight excluding hydrogens is 238 g/mol. The Hall–Kier alpha value is -1.22. The summed E-state index contributed by atoms with van der Waals surface area (Å²) in [4.78, 5) is 0. The monoisotopic (exact) mass is 259 g/mol. The van der Waals surface area contributed by atoms with E-state index in [1.54, 1.807) is 7.11 Å². The first-order valence-corrected chi connectivity index (χ1v) is 7.33. The van der Waals surface area contributed by atoms with Crippen molar-refractivity contribution in [3.05, 3.63) is 23.8 Å². The zero-order chi connectivity index (χ0) is 13.0. The third-order valence-corrected chi connectivity index (χ3v) is 5.42. The van der Waals surface area contributed by atoms with Crippen LogP contribution in [-0.2, 0) is 0 Å². The molecule has 4 atom stereocenters. The molecular formula is C16H21NO2. The smallest absolute Gasteiger partial charge is 0.128 e. The molecule has 0 amide bonds. The van der Waals surface area contributed by atoms with Crippen LogP contribution in [0.1, 0.15) is 43.7 Å². The maximum atomic E-state index is 6.47. The van der Waals surface area contributed by atoms with Gasteiger partial charge in [-0.2, -0.15) is 0 Å². The number of benzene rings is 1. The Labute approximate surface area is 114 Å². The maximum absolute atomic E-state index is 6.47. The SMILES string of the molecule is COc1ccc2c(c1)OC1(CC3CCC1C3)CC2N. The summed E-state index contributed by atoms with van der Waals surface area (Å²) < 4.78 is 11.8. The van der Waals surface area contributed by atoms with Crippen LogP contribution >= 0.6 is 0 Å². The quantitative estimate of drug-likeness (QED) is 0.843. The molecule has 1 aliphatic heterocycles. The van der Waals surface area contributed by atoms with E-state index < -0.39 is 0 Å². The molecule has 0 aromatic heterocycles. The van der Waals surface area contributed by atoms with Crippen LogP contribution in [0.2, 0.25) is 0 Å². The summed E-state index contributed by atoms with van der Waals surface area (Å²) in [5.41, 5.74) is 7.55. The molecule has 0 radical (unpaired) electrons. The van der Waals surface area contributed by atoms with Gasteiger partial charge in [-0.25, -0.2) is 0 Å². The molecule has 4 unspecified atom stereocenters. The average molecular weight is 259 g/mol. The zero-order valence-corrected chi connectivity index (χ0v) is 11.4. The van der Waals surface area contributed by atoms with Crippen molar-refractivity contribution in [2.24, 2.45) is 17.6 Å². The molecule has 3 nitrogen and oxygen atoms in total. The molecule has 1 aromatic carbocycles. The van der Waals surface area contributed by atoms with Crippen LogP contribution in [0, 0.1) is 11.8 Å². The summed E-state index contributed by atoms with van der Waals surface area (Å²) in [6, 6.07) is 6.14. The lowest BCUT2D eigenvalue weighted by atomic mass is 9.76. The van der Waals surface area contributed by atoms with E-state index in [2.05, 4.69) is 6.07 Å². The molecule has 2 fully saturated rings. The molecule has 1 heterocycles. The van der Waals surface area contributed by atoms with Gasteiger partial charge in [0.15, 0.2) is 0 Å². The van der Waals surface area contributed by atoms with Crippen molar-refractivity contribution < 1.29 is 9.47 Å². The fourth-order valence-corrected chi connectivity index (χ4v) is 4.55. The molecule has 2 saturated carbocycles. The number of rotatable bonds is 1. The Morgan fingerprint density at radius 3 is 2.89 bits per heavy atom. The van der Waals surface area contributed by atoms with Crippen LogP contribution in [0.25, 0.3) is 0 Å². The molecule has 2 bridgehead atoms. The van der Waals surface area contributed by atoms with E-state index >= 15 is 0 Å². The van der Waals surface area contributed by atoms with Gasteiger partial charge >= 0.3 is 0 Å². The van der Waals surface area contributed by atoms with E-state index in [9.17, 15) is 0 Å². The third-order valence-electron chi connectivity index (χ3n) is 5.42. The van der Waals surface area contributed by atoms with Gasteiger partial charge in [0.1, 0.15) is 17.1 Å². The van der Waals surface area contributed by atoms with Crippen molar-refractivity contribution in [2.45, 2.75) is 43.7 Å². The molecule has 0 saturated heterocycles. The summed E-state index contributed by atoms with van der Waals surface area (Å²) in [5.74, 6) is 3.38. The van der Waals surface area contributed by atoms with Crippen molar-refractivity contribution in [3.8, 4) is 11.5 Å². The first kappa shape index (κ1) is 11.6. The summed E-state index contributed by atoms with van der Waals surface area (Å²) >= 11 is 0. The van der Waals surface area contributed by atoms with Crippen LogP contribution < -0.4 is 15.2 Å². The summed E-state index contributed by atoms with van der Waals surface area (Å²) in [6.45, 7) is 0. The Kier molecular flexibility index (Phi) is 2.37. The molecule has 19 heavy (non-hydrogen) atoms. The second-order valence-electron chi connectivity index (χ2n) is 6.46. The largest absolute Gasteiger partial charge is 0.497 e. The van der Waals surface area contributed by atoms with Gasteiger partial charge in [-0.05, 0) is 43.6 Å². The second kappa shape index (κ2) is 3.89. The predicted molar refractivity (Wildman–Crippen MR) is 73.3 cm³/mol. The number of hydrogen-bond donors (Lipinski definition) is 1. The minimum absolute atomic E-state index is 0.0156. The van der Waals surface area contributed by atoms with Crippen LogP contribution in [0.3, 0.4) is 0 Å². The molecule has 4 rings (SSSR count). The van der Waals surface area contributed by atoms with Gasteiger partial charge in [-0.15, -0.1) is 0 Å². The predicted octanol–water partition coefficient (Wildman–Crippen LogP) is 3.04. The van der Waals surface area contributed by atoms with Crippen molar-refractivity contribution in [3.63, 3.8) is 0 Å². The van der Waals surface area contributed by atoms with Gasteiger partial charge in [-0.1, -0.05) is 6.07 Å². The standard InChI is InChI=1S/C16H21NO2/c1-18-12-4-5-13-14(17)9-16(19-15(13)7-12)8-10-2-3-11(16)6-10/h4-5,7,10-11,14H,2-3,6,8-9,17H2,1H3. The van der Waals surface area contributed by atoms with E-state index in [-0.39, 0.29) is 11.6 Å². The van der Waals surface area contributed by atoms with E-state index in [0.717, 1.165) is 29.4 Å². The summed E-state index contributed by atoms with van der Waals surface area (Å²) in [6.07, 6.45) is 6.22. The van der Waals surface area contributed by atoms with Gasteiger partial charge in [0.05, 0.1) is 7.11 Å². The third kappa shape index (κ3) is 1.61. The Bertz CT molecular complexity index is 515. The molecule has 2 N–H and O–H groups in total. The average Bonchev–Trinajstić information content (AvgIpc) is 2.98. The van der Waals surface area contributed by atoms with Crippen LogP contribution in [0.4, 0.5) is 0 Å². The highest BCUT2D eigenvalue weighted by molar-refractivity contribution is 5.45. The molecule has 3 aliphatic rings. The summed E-state index contributed by atoms with van der Waals surface area (Å²) in [7, 11) is 1.69. The molecule has 2 aliphatic carbocycles. The molecule has 3 heteroatoms. The zero-order valence-electron chi connectivity index (χ0n) is 11.4. The fourth-order valence-electron chi connectivity index (χ4n) is 4.55. The van der Waals surface area contributed by atoms with Crippen molar-refractivity contribution in [1.82, 2.24) is 0 Å². The Morgan fingerprint density at radius 2 is 2.21 bits per heavy atom. The van der Waals surface area contributed by atoms with Crippen molar-refractivity contribution in [1.29, 1.82) is 0 Å². The minimum Gasteiger partial charge on any atom is -0.497 e. The van der Waals surface area contributed by atoms with Gasteiger partial charge in [0.2, 0.25) is 0 Å². The first-order chi connectivity index (χ1) is 9.20. The number of hydrogen-bond acceptors (Lipinski definition) is 3. The van der Waals surface area contributed by atoms with Crippen molar-refractivity contribution in [2.75, 3.05) is 7.11 Å². The van der Waals surface area contributed by atoms with Gasteiger partial charge < -0.3 is 15.2 Å². The molecule has 1 spiro atoms. The van der Waals surface area contributed by atoms with E-state index in [0.29, 0.717) is 5.92 Å². The normalized spacial score (nSPS) is 39.2. The second-order valence-corrected chi connectivity index (χ2v) is 6.46. The minimum atomic E-state index is 0.0156. The van der Waals surface area contributed by atoms with Crippen LogP contribution in [0.5, 0.6) is 11.5 Å². The lowest BCUT2D eigenvalue weighted by Gasteiger charge is -2.44. The lowest BCUT2D eigenvalue weighted by Crippen LogP contribution is -2.47. The number of fused-ring (bicyclic) bond motifs is 4. The van der Waals surface area contributed by atoms with Gasteiger partial charge in [0, 0.05) is 24.1 Å². The first-order valence-electron chi connectivity index (χ1n) is 7.33. The Balaban J connectivity index is 1.73. The fraction of sp³-hybridized carbons (Fsp3) is 0.625. The Morgan fingerprint density at radius 1 is 1.32 bits per heavy atom. The topological polar surface area (TPSA) is 44.5 Å². The van der Waals surface area contributed by atoms with Gasteiger partial charge in [-0.3, -0.25) is 0 Å².